The Morgan fingerprint density at radius 3 is 2.71 bits per heavy atom. The number of aryl methyl sites for hydroxylation is 1. The lowest BCUT2D eigenvalue weighted by Crippen LogP contribution is -2.38. The number of para-hydroxylation sites is 1. The number of rotatable bonds is 4. The summed E-state index contributed by atoms with van der Waals surface area (Å²) in [7, 11) is 0. The monoisotopic (exact) mass is 235 g/mol. The first kappa shape index (κ1) is 12.4. The standard InChI is InChI=1S/C14H21NO2/c1-12-4-2-3-5-14(12)17-11-10-15-8-6-13(16)7-9-15/h2-5,13,16H,6-11H2,1H3. The van der Waals surface area contributed by atoms with Crippen molar-refractivity contribution in [3.8, 4) is 5.75 Å². The molecular formula is C14H21NO2. The zero-order valence-corrected chi connectivity index (χ0v) is 10.4. The summed E-state index contributed by atoms with van der Waals surface area (Å²) < 4.78 is 5.76. The molecule has 1 saturated heterocycles. The zero-order valence-electron chi connectivity index (χ0n) is 10.4. The van der Waals surface area contributed by atoms with Gasteiger partial charge >= 0.3 is 0 Å². The average molecular weight is 235 g/mol. The number of nitrogens with zero attached hydrogens (tertiary/aromatic N) is 1. The topological polar surface area (TPSA) is 32.7 Å². The van der Waals surface area contributed by atoms with E-state index in [0.717, 1.165) is 44.8 Å². The highest BCUT2D eigenvalue weighted by atomic mass is 16.5. The molecule has 0 bridgehead atoms. The van der Waals surface area contributed by atoms with Gasteiger partial charge in [0.2, 0.25) is 0 Å². The first-order valence-electron chi connectivity index (χ1n) is 6.34. The van der Waals surface area contributed by atoms with Crippen LogP contribution in [0.3, 0.4) is 0 Å². The third-order valence-corrected chi connectivity index (χ3v) is 3.32. The van der Waals surface area contributed by atoms with E-state index in [-0.39, 0.29) is 6.10 Å². The molecule has 0 spiro atoms. The second-order valence-electron chi connectivity index (χ2n) is 4.69. The molecule has 3 nitrogen and oxygen atoms in total. The number of hydrogen-bond acceptors (Lipinski definition) is 3. The van der Waals surface area contributed by atoms with E-state index < -0.39 is 0 Å². The van der Waals surface area contributed by atoms with Crippen molar-refractivity contribution in [3.63, 3.8) is 0 Å². The van der Waals surface area contributed by atoms with E-state index in [4.69, 9.17) is 4.74 Å². The molecule has 2 rings (SSSR count). The maximum absolute atomic E-state index is 9.41. The van der Waals surface area contributed by atoms with E-state index in [0.29, 0.717) is 0 Å². The molecule has 1 heterocycles. The Morgan fingerprint density at radius 2 is 2.00 bits per heavy atom. The fourth-order valence-corrected chi connectivity index (χ4v) is 2.15. The third-order valence-electron chi connectivity index (χ3n) is 3.32. The number of aliphatic hydroxyl groups is 1. The lowest BCUT2D eigenvalue weighted by atomic mass is 10.1. The molecule has 0 atom stereocenters. The Balaban J connectivity index is 1.71. The van der Waals surface area contributed by atoms with Crippen LogP contribution in [-0.4, -0.2) is 42.4 Å². The molecule has 0 amide bonds. The van der Waals surface area contributed by atoms with Crippen LogP contribution in [-0.2, 0) is 0 Å². The third kappa shape index (κ3) is 3.72. The van der Waals surface area contributed by atoms with Gasteiger partial charge in [-0.15, -0.1) is 0 Å². The first-order valence-corrected chi connectivity index (χ1v) is 6.34. The molecule has 1 aliphatic heterocycles. The molecule has 1 aromatic rings. The molecule has 1 fully saturated rings. The van der Waals surface area contributed by atoms with Crippen LogP contribution in [0, 0.1) is 6.92 Å². The molecule has 1 N–H and O–H groups in total. The lowest BCUT2D eigenvalue weighted by Gasteiger charge is -2.29. The van der Waals surface area contributed by atoms with Crippen LogP contribution in [0.1, 0.15) is 18.4 Å². The molecule has 0 aliphatic carbocycles. The number of hydrogen-bond donors (Lipinski definition) is 1. The molecule has 1 aliphatic rings. The fraction of sp³-hybridized carbons (Fsp3) is 0.571. The smallest absolute Gasteiger partial charge is 0.122 e. The van der Waals surface area contributed by atoms with Crippen molar-refractivity contribution in [1.82, 2.24) is 4.90 Å². The van der Waals surface area contributed by atoms with Crippen molar-refractivity contribution in [2.24, 2.45) is 0 Å². The van der Waals surface area contributed by atoms with Crippen molar-refractivity contribution < 1.29 is 9.84 Å². The average Bonchev–Trinajstić information content (AvgIpc) is 2.34. The van der Waals surface area contributed by atoms with Gasteiger partial charge in [-0.25, -0.2) is 0 Å². The van der Waals surface area contributed by atoms with E-state index in [1.54, 1.807) is 0 Å². The number of likely N-dealkylation sites (tertiary alicyclic amines) is 1. The summed E-state index contributed by atoms with van der Waals surface area (Å²) in [5.74, 6) is 0.976. The van der Waals surface area contributed by atoms with Crippen LogP contribution in [0.2, 0.25) is 0 Å². The van der Waals surface area contributed by atoms with Crippen LogP contribution in [0.4, 0.5) is 0 Å². The lowest BCUT2D eigenvalue weighted by molar-refractivity contribution is 0.0754. The maximum Gasteiger partial charge on any atom is 0.122 e. The van der Waals surface area contributed by atoms with Gasteiger partial charge in [0.1, 0.15) is 12.4 Å². The minimum Gasteiger partial charge on any atom is -0.492 e. The minimum absolute atomic E-state index is 0.0939. The number of benzene rings is 1. The van der Waals surface area contributed by atoms with Crippen LogP contribution >= 0.6 is 0 Å². The summed E-state index contributed by atoms with van der Waals surface area (Å²) in [5.41, 5.74) is 1.18. The molecule has 0 aromatic heterocycles. The van der Waals surface area contributed by atoms with E-state index in [1.165, 1.54) is 5.56 Å². The Bertz CT molecular complexity index is 346. The predicted octanol–water partition coefficient (Wildman–Crippen LogP) is 1.83. The van der Waals surface area contributed by atoms with Gasteiger partial charge in [0.05, 0.1) is 6.10 Å². The molecular weight excluding hydrogens is 214 g/mol. The summed E-state index contributed by atoms with van der Waals surface area (Å²) in [4.78, 5) is 2.35. The second-order valence-corrected chi connectivity index (χ2v) is 4.69. The van der Waals surface area contributed by atoms with Gasteiger partial charge < -0.3 is 9.84 Å². The van der Waals surface area contributed by atoms with Crippen LogP contribution in [0.15, 0.2) is 24.3 Å². The van der Waals surface area contributed by atoms with Gasteiger partial charge in [0.15, 0.2) is 0 Å². The molecule has 0 saturated carbocycles. The van der Waals surface area contributed by atoms with Crippen LogP contribution < -0.4 is 4.74 Å². The zero-order chi connectivity index (χ0) is 12.1. The molecule has 3 heteroatoms. The molecule has 0 radical (unpaired) electrons. The Kier molecular flexibility index (Phi) is 4.40. The summed E-state index contributed by atoms with van der Waals surface area (Å²) in [5, 5.41) is 9.41. The highest BCUT2D eigenvalue weighted by molar-refractivity contribution is 5.31. The maximum atomic E-state index is 9.41. The molecule has 94 valence electrons. The van der Waals surface area contributed by atoms with Gasteiger partial charge in [0.25, 0.3) is 0 Å². The van der Waals surface area contributed by atoms with Crippen molar-refractivity contribution in [1.29, 1.82) is 0 Å². The first-order chi connectivity index (χ1) is 8.25. The van der Waals surface area contributed by atoms with E-state index in [9.17, 15) is 5.11 Å². The normalized spacial score (nSPS) is 18.2. The molecule has 1 aromatic carbocycles. The SMILES string of the molecule is Cc1ccccc1OCCN1CCC(O)CC1. The van der Waals surface area contributed by atoms with Crippen molar-refractivity contribution >= 4 is 0 Å². The minimum atomic E-state index is -0.0939. The quantitative estimate of drug-likeness (QED) is 0.864. The van der Waals surface area contributed by atoms with E-state index >= 15 is 0 Å². The number of aliphatic hydroxyl groups excluding tert-OH is 1. The van der Waals surface area contributed by atoms with Crippen molar-refractivity contribution in [3.05, 3.63) is 29.8 Å². The van der Waals surface area contributed by atoms with Gasteiger partial charge in [-0.1, -0.05) is 18.2 Å². The Morgan fingerprint density at radius 1 is 1.29 bits per heavy atom. The van der Waals surface area contributed by atoms with E-state index in [2.05, 4.69) is 17.9 Å². The van der Waals surface area contributed by atoms with Crippen molar-refractivity contribution in [2.75, 3.05) is 26.2 Å². The summed E-state index contributed by atoms with van der Waals surface area (Å²) in [6, 6.07) is 8.09. The van der Waals surface area contributed by atoms with Crippen molar-refractivity contribution in [2.45, 2.75) is 25.9 Å². The highest BCUT2D eigenvalue weighted by Gasteiger charge is 2.16. The largest absolute Gasteiger partial charge is 0.492 e. The van der Waals surface area contributed by atoms with Gasteiger partial charge in [-0.3, -0.25) is 4.90 Å². The number of ether oxygens (including phenoxy) is 1. The Hall–Kier alpha value is -1.06. The van der Waals surface area contributed by atoms with Gasteiger partial charge in [0, 0.05) is 19.6 Å². The molecule has 17 heavy (non-hydrogen) atoms. The molecule has 0 unspecified atom stereocenters. The highest BCUT2D eigenvalue weighted by Crippen LogP contribution is 2.16. The fourth-order valence-electron chi connectivity index (χ4n) is 2.15. The Labute approximate surface area is 103 Å². The summed E-state index contributed by atoms with van der Waals surface area (Å²) >= 11 is 0. The predicted molar refractivity (Wildman–Crippen MR) is 68.4 cm³/mol. The van der Waals surface area contributed by atoms with Gasteiger partial charge in [-0.05, 0) is 31.4 Å². The second kappa shape index (κ2) is 6.03. The van der Waals surface area contributed by atoms with E-state index in [1.807, 2.05) is 18.2 Å². The van der Waals surface area contributed by atoms with Gasteiger partial charge in [-0.2, -0.15) is 0 Å². The van der Waals surface area contributed by atoms with Crippen LogP contribution in [0.25, 0.3) is 0 Å². The summed E-state index contributed by atoms with van der Waals surface area (Å²) in [6.45, 7) is 5.70. The number of piperidine rings is 1. The van der Waals surface area contributed by atoms with Crippen LogP contribution in [0.5, 0.6) is 5.75 Å². The summed E-state index contributed by atoms with van der Waals surface area (Å²) in [6.07, 6.45) is 1.69.